The number of amides is 2. The Hall–Kier alpha value is -3.12. The summed E-state index contributed by atoms with van der Waals surface area (Å²) >= 11 is 5.86. The van der Waals surface area contributed by atoms with Crippen LogP contribution in [0.2, 0.25) is 5.02 Å². The predicted molar refractivity (Wildman–Crippen MR) is 113 cm³/mol. The SMILES string of the molecule is O=C1CCC(N2C(=O)c3ccc(CCC(=O)Cc4ccc(Cl)cc4)cc3C2=O)C(=O)C1. The molecule has 4 rings (SSSR count). The van der Waals surface area contributed by atoms with Gasteiger partial charge in [-0.05, 0) is 48.2 Å². The molecule has 2 aromatic carbocycles. The van der Waals surface area contributed by atoms with Gasteiger partial charge in [0.1, 0.15) is 11.6 Å². The number of aryl methyl sites for hydroxylation is 1. The number of hydrogen-bond donors (Lipinski definition) is 0. The van der Waals surface area contributed by atoms with E-state index in [1.165, 1.54) is 0 Å². The fraction of sp³-hybridized carbons (Fsp3) is 0.292. The van der Waals surface area contributed by atoms with Gasteiger partial charge in [-0.15, -0.1) is 0 Å². The van der Waals surface area contributed by atoms with Crippen LogP contribution in [-0.4, -0.2) is 40.1 Å². The van der Waals surface area contributed by atoms with Gasteiger partial charge < -0.3 is 0 Å². The molecule has 0 aromatic heterocycles. The zero-order chi connectivity index (χ0) is 22.1. The van der Waals surface area contributed by atoms with Crippen LogP contribution in [0.1, 0.15) is 57.5 Å². The molecule has 0 radical (unpaired) electrons. The highest BCUT2D eigenvalue weighted by atomic mass is 35.5. The van der Waals surface area contributed by atoms with E-state index in [2.05, 4.69) is 0 Å². The number of fused-ring (bicyclic) bond motifs is 1. The number of carbonyl (C=O) groups excluding carboxylic acids is 5. The van der Waals surface area contributed by atoms with Crippen LogP contribution >= 0.6 is 11.6 Å². The van der Waals surface area contributed by atoms with Crippen molar-refractivity contribution in [2.45, 2.75) is 44.6 Å². The highest BCUT2D eigenvalue weighted by Crippen LogP contribution is 2.30. The molecule has 1 aliphatic carbocycles. The highest BCUT2D eigenvalue weighted by molar-refractivity contribution is 6.30. The summed E-state index contributed by atoms with van der Waals surface area (Å²) in [6.07, 6.45) is 1.17. The molecule has 1 atom stereocenters. The summed E-state index contributed by atoms with van der Waals surface area (Å²) in [6.45, 7) is 0. The third-order valence-corrected chi connectivity index (χ3v) is 5.99. The van der Waals surface area contributed by atoms with Crippen molar-refractivity contribution in [1.29, 1.82) is 0 Å². The monoisotopic (exact) mass is 437 g/mol. The topological polar surface area (TPSA) is 88.6 Å². The molecule has 2 aromatic rings. The molecule has 0 N–H and O–H groups in total. The molecule has 1 fully saturated rings. The van der Waals surface area contributed by atoms with Gasteiger partial charge in [0.05, 0.1) is 23.6 Å². The molecule has 1 heterocycles. The Morgan fingerprint density at radius 3 is 2.32 bits per heavy atom. The molecular weight excluding hydrogens is 418 g/mol. The molecule has 1 saturated carbocycles. The molecule has 0 saturated heterocycles. The summed E-state index contributed by atoms with van der Waals surface area (Å²) in [6, 6.07) is 11.2. The van der Waals surface area contributed by atoms with Crippen LogP contribution in [0.25, 0.3) is 0 Å². The summed E-state index contributed by atoms with van der Waals surface area (Å²) in [5, 5.41) is 0.615. The van der Waals surface area contributed by atoms with Crippen molar-refractivity contribution < 1.29 is 24.0 Å². The molecule has 2 amide bonds. The molecule has 0 bridgehead atoms. The number of rotatable bonds is 6. The minimum atomic E-state index is -0.880. The van der Waals surface area contributed by atoms with Crippen molar-refractivity contribution in [2.24, 2.45) is 0 Å². The van der Waals surface area contributed by atoms with Crippen LogP contribution in [-0.2, 0) is 27.2 Å². The lowest BCUT2D eigenvalue weighted by atomic mass is 9.92. The first-order valence-corrected chi connectivity index (χ1v) is 10.5. The first kappa shape index (κ1) is 21.1. The molecule has 1 unspecified atom stereocenters. The Balaban J connectivity index is 1.43. The standard InChI is InChI=1S/C24H20ClNO5/c25-16-5-1-14(2-6-16)11-17(27)7-3-15-4-9-19-20(12-15)24(31)26(23(19)30)21-10-8-18(28)13-22(21)29/h1-2,4-6,9,12,21H,3,7-8,10-11,13H2. The number of nitrogens with zero attached hydrogens (tertiary/aromatic N) is 1. The first-order valence-electron chi connectivity index (χ1n) is 10.1. The molecular formula is C24H20ClNO5. The van der Waals surface area contributed by atoms with Gasteiger partial charge in [-0.1, -0.05) is 29.8 Å². The summed E-state index contributed by atoms with van der Waals surface area (Å²) in [7, 11) is 0. The van der Waals surface area contributed by atoms with Gasteiger partial charge in [-0.25, -0.2) is 0 Å². The van der Waals surface area contributed by atoms with Gasteiger partial charge >= 0.3 is 0 Å². The van der Waals surface area contributed by atoms with E-state index in [9.17, 15) is 24.0 Å². The van der Waals surface area contributed by atoms with Crippen molar-refractivity contribution in [1.82, 2.24) is 4.90 Å². The van der Waals surface area contributed by atoms with Crippen LogP contribution in [0.15, 0.2) is 42.5 Å². The normalized spacial score (nSPS) is 18.5. The van der Waals surface area contributed by atoms with Crippen molar-refractivity contribution >= 4 is 40.8 Å². The molecule has 158 valence electrons. The van der Waals surface area contributed by atoms with E-state index in [1.54, 1.807) is 30.3 Å². The van der Waals surface area contributed by atoms with Crippen LogP contribution in [0, 0.1) is 0 Å². The van der Waals surface area contributed by atoms with Crippen molar-refractivity contribution in [3.05, 3.63) is 69.7 Å². The minimum absolute atomic E-state index is 0.0596. The van der Waals surface area contributed by atoms with Crippen molar-refractivity contribution in [2.75, 3.05) is 0 Å². The summed E-state index contributed by atoms with van der Waals surface area (Å²) in [4.78, 5) is 62.6. The number of Topliss-reactive ketones (excluding diaryl/α,β-unsaturated/α-hetero) is 3. The lowest BCUT2D eigenvalue weighted by molar-refractivity contribution is -0.132. The van der Waals surface area contributed by atoms with E-state index in [0.29, 0.717) is 24.3 Å². The first-order chi connectivity index (χ1) is 14.8. The second-order valence-corrected chi connectivity index (χ2v) is 8.37. The molecule has 31 heavy (non-hydrogen) atoms. The number of carbonyl (C=O) groups is 5. The molecule has 7 heteroatoms. The molecule has 1 aliphatic heterocycles. The van der Waals surface area contributed by atoms with E-state index in [-0.39, 0.29) is 42.0 Å². The van der Waals surface area contributed by atoms with E-state index >= 15 is 0 Å². The largest absolute Gasteiger partial charge is 0.299 e. The fourth-order valence-electron chi connectivity index (χ4n) is 4.08. The lowest BCUT2D eigenvalue weighted by Gasteiger charge is -2.27. The van der Waals surface area contributed by atoms with Crippen LogP contribution in [0.3, 0.4) is 0 Å². The van der Waals surface area contributed by atoms with E-state index in [4.69, 9.17) is 11.6 Å². The van der Waals surface area contributed by atoms with Gasteiger partial charge in [-0.2, -0.15) is 0 Å². The molecule has 2 aliphatic rings. The van der Waals surface area contributed by atoms with Crippen molar-refractivity contribution in [3.63, 3.8) is 0 Å². The maximum atomic E-state index is 12.9. The smallest absolute Gasteiger partial charge is 0.262 e. The molecule has 0 spiro atoms. The number of halogens is 1. The average Bonchev–Trinajstić information content (AvgIpc) is 2.98. The Bertz CT molecular complexity index is 1110. The summed E-state index contributed by atoms with van der Waals surface area (Å²) in [5.41, 5.74) is 2.16. The maximum Gasteiger partial charge on any atom is 0.262 e. The van der Waals surface area contributed by atoms with Crippen LogP contribution in [0.5, 0.6) is 0 Å². The maximum absolute atomic E-state index is 12.9. The quantitative estimate of drug-likeness (QED) is 0.510. The minimum Gasteiger partial charge on any atom is -0.299 e. The van der Waals surface area contributed by atoms with Crippen LogP contribution in [0.4, 0.5) is 0 Å². The number of imide groups is 1. The van der Waals surface area contributed by atoms with Gasteiger partial charge in [0.15, 0.2) is 5.78 Å². The fourth-order valence-corrected chi connectivity index (χ4v) is 4.21. The van der Waals surface area contributed by atoms with Gasteiger partial charge in [0.25, 0.3) is 11.8 Å². The van der Waals surface area contributed by atoms with Crippen molar-refractivity contribution in [3.8, 4) is 0 Å². The second kappa shape index (κ2) is 8.55. The van der Waals surface area contributed by atoms with Crippen LogP contribution < -0.4 is 0 Å². The van der Waals surface area contributed by atoms with E-state index in [0.717, 1.165) is 16.0 Å². The van der Waals surface area contributed by atoms with Gasteiger partial charge in [0, 0.05) is 24.3 Å². The third-order valence-electron chi connectivity index (χ3n) is 5.74. The van der Waals surface area contributed by atoms with Gasteiger partial charge in [-0.3, -0.25) is 28.9 Å². The zero-order valence-electron chi connectivity index (χ0n) is 16.7. The number of ketones is 3. The average molecular weight is 438 g/mol. The lowest BCUT2D eigenvalue weighted by Crippen LogP contribution is -2.47. The highest BCUT2D eigenvalue weighted by Gasteiger charge is 2.44. The third kappa shape index (κ3) is 4.35. The van der Waals surface area contributed by atoms with E-state index < -0.39 is 23.6 Å². The predicted octanol–water partition coefficient (Wildman–Crippen LogP) is 3.37. The number of hydrogen-bond acceptors (Lipinski definition) is 5. The Morgan fingerprint density at radius 1 is 0.935 bits per heavy atom. The Labute approximate surface area is 184 Å². The van der Waals surface area contributed by atoms with E-state index in [1.807, 2.05) is 12.1 Å². The summed E-state index contributed by atoms with van der Waals surface area (Å²) < 4.78 is 0. The van der Waals surface area contributed by atoms with Gasteiger partial charge in [0.2, 0.25) is 0 Å². The zero-order valence-corrected chi connectivity index (χ0v) is 17.5. The Kier molecular flexibility index (Phi) is 5.83. The summed E-state index contributed by atoms with van der Waals surface area (Å²) in [5.74, 6) is -1.51. The Morgan fingerprint density at radius 2 is 1.61 bits per heavy atom. The number of benzene rings is 2. The second-order valence-electron chi connectivity index (χ2n) is 7.94. The molecule has 6 nitrogen and oxygen atoms in total.